The molecule has 0 heterocycles. The third-order valence-corrected chi connectivity index (χ3v) is 11.8. The molecule has 0 aliphatic rings. The number of phenols is 2. The summed E-state index contributed by atoms with van der Waals surface area (Å²) in [6.07, 6.45) is 0. The van der Waals surface area contributed by atoms with Gasteiger partial charge in [-0.1, -0.05) is 161 Å². The van der Waals surface area contributed by atoms with Crippen molar-refractivity contribution in [3.05, 3.63) is 192 Å². The van der Waals surface area contributed by atoms with Crippen molar-refractivity contribution in [1.29, 1.82) is 0 Å². The first kappa shape index (κ1) is 33.5. The highest BCUT2D eigenvalue weighted by Crippen LogP contribution is 2.46. The highest BCUT2D eigenvalue weighted by atomic mass is 16.3. The van der Waals surface area contributed by atoms with Crippen LogP contribution in [0.15, 0.2) is 170 Å². The molecule has 0 aromatic heterocycles. The van der Waals surface area contributed by atoms with E-state index in [-0.39, 0.29) is 22.3 Å². The number of aromatic hydroxyl groups is 2. The first-order chi connectivity index (χ1) is 26.1. The fourth-order valence-corrected chi connectivity index (χ4v) is 8.49. The summed E-state index contributed by atoms with van der Waals surface area (Å²) in [5, 5.41) is 32.0. The molecular weight excluding hydrogens is 657 g/mol. The van der Waals surface area contributed by atoms with Crippen molar-refractivity contribution in [2.45, 2.75) is 38.5 Å². The topological polar surface area (TPSA) is 40.5 Å². The molecule has 0 fully saturated rings. The predicted octanol–water partition coefficient (Wildman–Crippen LogP) is 13.7. The molecule has 0 saturated carbocycles. The summed E-state index contributed by atoms with van der Waals surface area (Å²) >= 11 is 0. The number of hydrogen-bond acceptors (Lipinski definition) is 2. The Morgan fingerprint density at radius 2 is 0.630 bits per heavy atom. The van der Waals surface area contributed by atoms with Gasteiger partial charge in [0.1, 0.15) is 11.5 Å². The SMILES string of the molecule is CC(C)(c1cccc(C(C)(C)c2ccc(O)c(-c3c4ccccc4cc4ccccc34)c2)c1)c1ccc(O)c(-c2c3ccccc3cc3ccccc23)c1. The third kappa shape index (κ3) is 5.41. The van der Waals surface area contributed by atoms with Crippen LogP contribution in [-0.4, -0.2) is 10.2 Å². The van der Waals surface area contributed by atoms with Gasteiger partial charge in [0.15, 0.2) is 0 Å². The Morgan fingerprint density at radius 1 is 0.315 bits per heavy atom. The van der Waals surface area contributed by atoms with Crippen molar-refractivity contribution in [2.75, 3.05) is 0 Å². The molecule has 0 unspecified atom stereocenters. The Morgan fingerprint density at radius 3 is 0.981 bits per heavy atom. The number of phenolic OH excluding ortho intramolecular Hbond substituents is 2. The van der Waals surface area contributed by atoms with Crippen LogP contribution in [0.25, 0.3) is 65.3 Å². The zero-order chi connectivity index (χ0) is 37.2. The van der Waals surface area contributed by atoms with Gasteiger partial charge in [0.2, 0.25) is 0 Å². The lowest BCUT2D eigenvalue weighted by molar-refractivity contribution is 0.476. The highest BCUT2D eigenvalue weighted by Gasteiger charge is 2.30. The monoisotopic (exact) mass is 698 g/mol. The second kappa shape index (κ2) is 12.6. The van der Waals surface area contributed by atoms with Crippen LogP contribution < -0.4 is 0 Å². The van der Waals surface area contributed by atoms with E-state index in [1.807, 2.05) is 12.1 Å². The molecule has 2 heteroatoms. The molecule has 9 aromatic rings. The molecule has 2 nitrogen and oxygen atoms in total. The quantitative estimate of drug-likeness (QED) is 0.170. The molecule has 0 radical (unpaired) electrons. The van der Waals surface area contributed by atoms with E-state index in [1.54, 1.807) is 0 Å². The minimum Gasteiger partial charge on any atom is -0.507 e. The largest absolute Gasteiger partial charge is 0.507 e. The minimum absolute atomic E-state index is 0.271. The third-order valence-electron chi connectivity index (χ3n) is 11.8. The van der Waals surface area contributed by atoms with Crippen LogP contribution in [0.3, 0.4) is 0 Å². The summed E-state index contributed by atoms with van der Waals surface area (Å²) < 4.78 is 0. The van der Waals surface area contributed by atoms with E-state index in [4.69, 9.17) is 0 Å². The van der Waals surface area contributed by atoms with Crippen molar-refractivity contribution >= 4 is 43.1 Å². The van der Waals surface area contributed by atoms with Gasteiger partial charge in [0.25, 0.3) is 0 Å². The molecule has 0 aliphatic heterocycles. The summed E-state index contributed by atoms with van der Waals surface area (Å²) in [5.74, 6) is 0.543. The van der Waals surface area contributed by atoms with Gasteiger partial charge < -0.3 is 10.2 Å². The molecule has 0 atom stereocenters. The lowest BCUT2D eigenvalue weighted by atomic mass is 9.72. The molecule has 0 amide bonds. The van der Waals surface area contributed by atoms with Crippen LogP contribution in [0.2, 0.25) is 0 Å². The van der Waals surface area contributed by atoms with Crippen LogP contribution in [0.1, 0.15) is 49.9 Å². The van der Waals surface area contributed by atoms with Crippen LogP contribution in [0, 0.1) is 0 Å². The molecule has 9 aromatic carbocycles. The zero-order valence-electron chi connectivity index (χ0n) is 31.1. The van der Waals surface area contributed by atoms with Gasteiger partial charge in [-0.2, -0.15) is 0 Å². The normalized spacial score (nSPS) is 12.2. The van der Waals surface area contributed by atoms with E-state index in [1.165, 1.54) is 11.1 Å². The summed E-state index contributed by atoms with van der Waals surface area (Å²) in [6.45, 7) is 9.06. The first-order valence-electron chi connectivity index (χ1n) is 18.7. The second-order valence-electron chi connectivity index (χ2n) is 15.7. The molecule has 0 bridgehead atoms. The molecule has 2 N–H and O–H groups in total. The maximum absolute atomic E-state index is 11.4. The number of fused-ring (bicyclic) bond motifs is 4. The maximum Gasteiger partial charge on any atom is 0.123 e. The van der Waals surface area contributed by atoms with Gasteiger partial charge in [-0.3, -0.25) is 0 Å². The molecule has 0 spiro atoms. The van der Waals surface area contributed by atoms with E-state index in [0.29, 0.717) is 0 Å². The fraction of sp³-hybridized carbons (Fsp3) is 0.115. The van der Waals surface area contributed by atoms with Gasteiger partial charge >= 0.3 is 0 Å². The Labute approximate surface area is 316 Å². The summed E-state index contributed by atoms with van der Waals surface area (Å²) in [5.41, 5.74) is 7.64. The summed E-state index contributed by atoms with van der Waals surface area (Å²) in [7, 11) is 0. The number of rotatable bonds is 6. The molecular formula is C52H42O2. The molecule has 54 heavy (non-hydrogen) atoms. The zero-order valence-corrected chi connectivity index (χ0v) is 31.1. The number of benzene rings is 9. The van der Waals surface area contributed by atoms with E-state index in [0.717, 1.165) is 76.5 Å². The van der Waals surface area contributed by atoms with Crippen LogP contribution >= 0.6 is 0 Å². The first-order valence-corrected chi connectivity index (χ1v) is 18.7. The van der Waals surface area contributed by atoms with Gasteiger partial charge in [0.05, 0.1) is 0 Å². The van der Waals surface area contributed by atoms with E-state index < -0.39 is 0 Å². The average molecular weight is 699 g/mol. The van der Waals surface area contributed by atoms with Gasteiger partial charge in [-0.15, -0.1) is 0 Å². The molecule has 0 aliphatic carbocycles. The lowest BCUT2D eigenvalue weighted by Crippen LogP contribution is -2.23. The Kier molecular flexibility index (Phi) is 7.83. The van der Waals surface area contributed by atoms with Gasteiger partial charge in [0, 0.05) is 33.1 Å². The smallest absolute Gasteiger partial charge is 0.123 e. The Hall–Kier alpha value is -6.38. The van der Waals surface area contributed by atoms with Crippen molar-refractivity contribution < 1.29 is 10.2 Å². The fourth-order valence-electron chi connectivity index (χ4n) is 8.49. The van der Waals surface area contributed by atoms with Crippen molar-refractivity contribution in [3.63, 3.8) is 0 Å². The van der Waals surface area contributed by atoms with Crippen LogP contribution in [-0.2, 0) is 10.8 Å². The molecule has 0 saturated heterocycles. The maximum atomic E-state index is 11.4. The summed E-state index contributed by atoms with van der Waals surface area (Å²) in [6, 6.07) is 59.3. The minimum atomic E-state index is -0.378. The average Bonchev–Trinajstić information content (AvgIpc) is 3.19. The molecule has 262 valence electrons. The second-order valence-corrected chi connectivity index (χ2v) is 15.7. The number of hydrogen-bond donors (Lipinski definition) is 2. The van der Waals surface area contributed by atoms with Crippen molar-refractivity contribution in [1.82, 2.24) is 0 Å². The standard InChI is InChI=1S/C52H42O2/c1-51(2,39-24-26-47(53)45(31-39)49-41-20-9-5-14-33(41)28-34-15-6-10-21-42(34)49)37-18-13-19-38(30-37)52(3,4)40-25-27-48(54)46(32-40)50-43-22-11-7-16-35(43)29-36-17-8-12-23-44(36)50/h5-32,53-54H,1-4H3. The summed E-state index contributed by atoms with van der Waals surface area (Å²) in [4.78, 5) is 0. The van der Waals surface area contributed by atoms with Gasteiger partial charge in [-0.05, 0) is 102 Å². The van der Waals surface area contributed by atoms with Crippen LogP contribution in [0.4, 0.5) is 0 Å². The molecule has 9 rings (SSSR count). The van der Waals surface area contributed by atoms with Crippen molar-refractivity contribution in [3.8, 4) is 33.8 Å². The van der Waals surface area contributed by atoms with Crippen LogP contribution in [0.5, 0.6) is 11.5 Å². The predicted molar refractivity (Wildman–Crippen MR) is 228 cm³/mol. The Balaban J connectivity index is 1.14. The van der Waals surface area contributed by atoms with E-state index in [9.17, 15) is 10.2 Å². The highest BCUT2D eigenvalue weighted by molar-refractivity contribution is 6.14. The Bertz CT molecular complexity index is 2610. The van der Waals surface area contributed by atoms with Gasteiger partial charge in [-0.25, -0.2) is 0 Å². The van der Waals surface area contributed by atoms with E-state index in [2.05, 4.69) is 185 Å². The lowest BCUT2D eigenvalue weighted by Gasteiger charge is -2.31. The van der Waals surface area contributed by atoms with E-state index >= 15 is 0 Å². The van der Waals surface area contributed by atoms with Crippen molar-refractivity contribution in [2.24, 2.45) is 0 Å².